The lowest BCUT2D eigenvalue weighted by molar-refractivity contribution is -0.224. The second-order valence-electron chi connectivity index (χ2n) is 7.31. The molecule has 3 rings (SSSR count). The molecule has 2 saturated heterocycles. The van der Waals surface area contributed by atoms with Gasteiger partial charge in [0, 0.05) is 40.1 Å². The Morgan fingerprint density at radius 1 is 0.633 bits per heavy atom. The van der Waals surface area contributed by atoms with Gasteiger partial charge in [0.25, 0.3) is 11.6 Å². The van der Waals surface area contributed by atoms with Crippen molar-refractivity contribution >= 4 is 35.3 Å². The zero-order valence-corrected chi connectivity index (χ0v) is 16.7. The zero-order valence-electron chi connectivity index (χ0n) is 16.7. The molecule has 2 aliphatic heterocycles. The van der Waals surface area contributed by atoms with Gasteiger partial charge >= 0.3 is 23.9 Å². The Labute approximate surface area is 171 Å². The minimum absolute atomic E-state index is 0.316. The molecular formula is C20H20N2O8. The summed E-state index contributed by atoms with van der Waals surface area (Å²) >= 11 is 0. The third kappa shape index (κ3) is 4.59. The largest absolute Gasteiger partial charge is 0.419 e. The normalized spacial score (nSPS) is 19.7. The van der Waals surface area contributed by atoms with Gasteiger partial charge in [-0.1, -0.05) is 12.1 Å². The number of nitrogens with one attached hydrogen (secondary N) is 2. The Hall–Kier alpha value is -3.82. The lowest BCUT2D eigenvalue weighted by atomic mass is 10.2. The van der Waals surface area contributed by atoms with Crippen LogP contribution >= 0.6 is 0 Å². The van der Waals surface area contributed by atoms with E-state index in [1.165, 1.54) is 27.7 Å². The van der Waals surface area contributed by atoms with E-state index >= 15 is 0 Å². The number of cyclic esters (lactones) is 4. The van der Waals surface area contributed by atoms with Crippen molar-refractivity contribution in [2.75, 3.05) is 10.6 Å². The van der Waals surface area contributed by atoms with E-state index in [1.807, 2.05) is 0 Å². The Morgan fingerprint density at radius 2 is 0.933 bits per heavy atom. The zero-order chi connectivity index (χ0) is 22.1. The first kappa shape index (κ1) is 20.9. The SMILES string of the molecule is CC1(C)OC(=O)C(=CNc2ccccc2NC=C2C(=O)OC(C)(C)OC2=O)C(=O)O1. The third-order valence-corrected chi connectivity index (χ3v) is 3.90. The van der Waals surface area contributed by atoms with Crippen LogP contribution in [0.5, 0.6) is 0 Å². The first-order valence-electron chi connectivity index (χ1n) is 8.93. The van der Waals surface area contributed by atoms with Crippen LogP contribution in [0.15, 0.2) is 47.8 Å². The molecule has 2 heterocycles. The first-order valence-corrected chi connectivity index (χ1v) is 8.93. The molecule has 0 saturated carbocycles. The van der Waals surface area contributed by atoms with E-state index in [1.54, 1.807) is 24.3 Å². The standard InChI is InChI=1S/C20H20N2O8/c1-19(2)27-15(23)11(16(24)28-19)9-21-13-7-5-6-8-14(13)22-10-12-17(25)29-20(3,4)30-18(12)26/h5-10,21-22H,1-4H3. The predicted molar refractivity (Wildman–Crippen MR) is 102 cm³/mol. The molecule has 2 aliphatic rings. The maximum Gasteiger partial charge on any atom is 0.350 e. The van der Waals surface area contributed by atoms with Crippen LogP contribution in [0.2, 0.25) is 0 Å². The number of hydrogen-bond donors (Lipinski definition) is 2. The summed E-state index contributed by atoms with van der Waals surface area (Å²) in [5.74, 6) is -5.99. The number of ether oxygens (including phenoxy) is 4. The van der Waals surface area contributed by atoms with Crippen LogP contribution in [0.1, 0.15) is 27.7 Å². The third-order valence-electron chi connectivity index (χ3n) is 3.90. The summed E-state index contributed by atoms with van der Waals surface area (Å²) in [6.07, 6.45) is 2.30. The van der Waals surface area contributed by atoms with E-state index in [-0.39, 0.29) is 11.1 Å². The summed E-state index contributed by atoms with van der Waals surface area (Å²) in [6.45, 7) is 5.79. The summed E-state index contributed by atoms with van der Waals surface area (Å²) in [5.41, 5.74) is 0.239. The summed E-state index contributed by atoms with van der Waals surface area (Å²) < 4.78 is 20.1. The molecule has 0 bridgehead atoms. The van der Waals surface area contributed by atoms with E-state index < -0.39 is 35.5 Å². The van der Waals surface area contributed by atoms with Crippen molar-refractivity contribution in [2.45, 2.75) is 39.3 Å². The predicted octanol–water partition coefficient (Wildman–Crippen LogP) is 1.95. The number of hydrogen-bond acceptors (Lipinski definition) is 10. The van der Waals surface area contributed by atoms with E-state index in [0.717, 1.165) is 12.4 Å². The Bertz CT molecular complexity index is 867. The molecule has 1 aromatic carbocycles. The number of esters is 4. The van der Waals surface area contributed by atoms with Gasteiger partial charge in [-0.3, -0.25) is 0 Å². The fraction of sp³-hybridized carbons (Fsp3) is 0.300. The molecule has 0 aromatic heterocycles. The number of anilines is 2. The molecule has 0 radical (unpaired) electrons. The van der Waals surface area contributed by atoms with Crippen LogP contribution < -0.4 is 10.6 Å². The van der Waals surface area contributed by atoms with Gasteiger partial charge in [0.05, 0.1) is 11.4 Å². The number of benzene rings is 1. The van der Waals surface area contributed by atoms with Gasteiger partial charge in [0.15, 0.2) is 11.1 Å². The molecule has 1 aromatic rings. The van der Waals surface area contributed by atoms with Gasteiger partial charge < -0.3 is 29.6 Å². The van der Waals surface area contributed by atoms with Gasteiger partial charge in [-0.2, -0.15) is 0 Å². The van der Waals surface area contributed by atoms with Crippen LogP contribution in [-0.4, -0.2) is 35.5 Å². The van der Waals surface area contributed by atoms with E-state index in [2.05, 4.69) is 10.6 Å². The summed E-state index contributed by atoms with van der Waals surface area (Å²) in [5, 5.41) is 5.61. The summed E-state index contributed by atoms with van der Waals surface area (Å²) in [4.78, 5) is 48.1. The molecule has 2 N–H and O–H groups in total. The molecule has 10 heteroatoms. The fourth-order valence-corrected chi connectivity index (χ4v) is 2.59. The Kier molecular flexibility index (Phi) is 5.26. The maximum atomic E-state index is 12.0. The quantitative estimate of drug-likeness (QED) is 0.427. The van der Waals surface area contributed by atoms with Crippen molar-refractivity contribution in [3.05, 3.63) is 47.8 Å². The second kappa shape index (κ2) is 7.54. The smallest absolute Gasteiger partial charge is 0.350 e. The lowest BCUT2D eigenvalue weighted by Crippen LogP contribution is -2.42. The molecule has 0 unspecified atom stereocenters. The molecule has 2 fully saturated rings. The van der Waals surface area contributed by atoms with Gasteiger partial charge in [-0.15, -0.1) is 0 Å². The van der Waals surface area contributed by atoms with Crippen molar-refractivity contribution in [2.24, 2.45) is 0 Å². The van der Waals surface area contributed by atoms with Gasteiger partial charge in [0.2, 0.25) is 0 Å². The molecule has 158 valence electrons. The molecule has 0 amide bonds. The Morgan fingerprint density at radius 3 is 1.23 bits per heavy atom. The van der Waals surface area contributed by atoms with Crippen LogP contribution in [0.25, 0.3) is 0 Å². The van der Waals surface area contributed by atoms with Crippen molar-refractivity contribution in [3.63, 3.8) is 0 Å². The molecule has 0 aliphatic carbocycles. The lowest BCUT2D eigenvalue weighted by Gasteiger charge is -2.30. The van der Waals surface area contributed by atoms with Crippen molar-refractivity contribution < 1.29 is 38.1 Å². The van der Waals surface area contributed by atoms with Gasteiger partial charge in [-0.05, 0) is 12.1 Å². The minimum Gasteiger partial charge on any atom is -0.419 e. The van der Waals surface area contributed by atoms with Crippen LogP contribution in [0, 0.1) is 0 Å². The molecule has 30 heavy (non-hydrogen) atoms. The van der Waals surface area contributed by atoms with Crippen LogP contribution in [-0.2, 0) is 38.1 Å². The summed E-state index contributed by atoms with van der Waals surface area (Å²) in [7, 11) is 0. The van der Waals surface area contributed by atoms with Crippen molar-refractivity contribution in [3.8, 4) is 0 Å². The van der Waals surface area contributed by atoms with E-state index in [0.29, 0.717) is 11.4 Å². The van der Waals surface area contributed by atoms with Crippen molar-refractivity contribution in [1.82, 2.24) is 0 Å². The Balaban J connectivity index is 1.77. The fourth-order valence-electron chi connectivity index (χ4n) is 2.59. The van der Waals surface area contributed by atoms with E-state index in [4.69, 9.17) is 18.9 Å². The number of carbonyl (C=O) groups excluding carboxylic acids is 4. The van der Waals surface area contributed by atoms with E-state index in [9.17, 15) is 19.2 Å². The highest BCUT2D eigenvalue weighted by molar-refractivity contribution is 6.16. The molecule has 0 atom stereocenters. The number of carbonyl (C=O) groups is 4. The maximum absolute atomic E-state index is 12.0. The average molecular weight is 416 g/mol. The first-order chi connectivity index (χ1) is 14.0. The molecule has 0 spiro atoms. The molecule has 10 nitrogen and oxygen atoms in total. The summed E-state index contributed by atoms with van der Waals surface area (Å²) in [6, 6.07) is 6.68. The monoisotopic (exact) mass is 416 g/mol. The minimum atomic E-state index is -1.34. The van der Waals surface area contributed by atoms with Crippen molar-refractivity contribution in [1.29, 1.82) is 0 Å². The van der Waals surface area contributed by atoms with Gasteiger partial charge in [0.1, 0.15) is 0 Å². The average Bonchev–Trinajstić information content (AvgIpc) is 2.59. The van der Waals surface area contributed by atoms with Gasteiger partial charge in [-0.25, -0.2) is 19.2 Å². The topological polar surface area (TPSA) is 129 Å². The highest BCUT2D eigenvalue weighted by Gasteiger charge is 2.40. The highest BCUT2D eigenvalue weighted by Crippen LogP contribution is 2.26. The number of para-hydroxylation sites is 2. The second-order valence-corrected chi connectivity index (χ2v) is 7.31. The molecular weight excluding hydrogens is 396 g/mol. The number of rotatable bonds is 4. The van der Waals surface area contributed by atoms with Crippen LogP contribution in [0.4, 0.5) is 11.4 Å². The highest BCUT2D eigenvalue weighted by atomic mass is 16.7. The van der Waals surface area contributed by atoms with Crippen LogP contribution in [0.3, 0.4) is 0 Å².